The van der Waals surface area contributed by atoms with E-state index in [2.05, 4.69) is 29.5 Å². The van der Waals surface area contributed by atoms with Crippen molar-refractivity contribution in [1.29, 1.82) is 0 Å². The molecule has 5 nitrogen and oxygen atoms in total. The maximum atomic E-state index is 5.92. The molecule has 1 aromatic carbocycles. The Kier molecular flexibility index (Phi) is 5.36. The number of hydrogen-bond donors (Lipinski definition) is 1. The lowest BCUT2D eigenvalue weighted by Gasteiger charge is -2.16. The molecule has 1 heterocycles. The summed E-state index contributed by atoms with van der Waals surface area (Å²) >= 11 is 0. The quantitative estimate of drug-likeness (QED) is 0.849. The highest BCUT2D eigenvalue weighted by molar-refractivity contribution is 5.39. The summed E-state index contributed by atoms with van der Waals surface area (Å²) in [5, 5.41) is 7.20. The third kappa shape index (κ3) is 4.06. The monoisotopic (exact) mass is 290 g/mol. The van der Waals surface area contributed by atoms with Crippen LogP contribution in [0.5, 0.6) is 5.75 Å². The second-order valence-electron chi connectivity index (χ2n) is 5.06. The van der Waals surface area contributed by atoms with E-state index in [1.165, 1.54) is 0 Å². The smallest absolute Gasteiger partial charge is 0.162 e. The van der Waals surface area contributed by atoms with Crippen LogP contribution in [0.25, 0.3) is 0 Å². The highest BCUT2D eigenvalue weighted by atomic mass is 16.5. The minimum absolute atomic E-state index is 0.224. The van der Waals surface area contributed by atoms with Gasteiger partial charge in [0.25, 0.3) is 0 Å². The van der Waals surface area contributed by atoms with E-state index < -0.39 is 0 Å². The molecule has 0 saturated carbocycles. The van der Waals surface area contributed by atoms with Crippen molar-refractivity contribution in [3.05, 3.63) is 46.8 Å². The van der Waals surface area contributed by atoms with Crippen LogP contribution in [0.3, 0.4) is 0 Å². The summed E-state index contributed by atoms with van der Waals surface area (Å²) in [4.78, 5) is 0. The molecular weight excluding hydrogens is 268 g/mol. The molecule has 0 spiro atoms. The van der Waals surface area contributed by atoms with E-state index in [4.69, 9.17) is 14.0 Å². The van der Waals surface area contributed by atoms with E-state index in [1.54, 1.807) is 7.11 Å². The molecule has 0 saturated heterocycles. The van der Waals surface area contributed by atoms with Crippen molar-refractivity contribution < 1.29 is 14.0 Å². The standard InChI is InChI=1S/C16H22N2O3/c1-11-5-6-15(12(2)17-3)16(7-11)20-9-13-8-14(10-19-4)21-18-13/h5-8,12,17H,9-10H2,1-4H3. The second kappa shape index (κ2) is 7.24. The molecule has 0 aliphatic carbocycles. The van der Waals surface area contributed by atoms with Crippen LogP contribution in [0.15, 0.2) is 28.8 Å². The van der Waals surface area contributed by atoms with Gasteiger partial charge >= 0.3 is 0 Å². The highest BCUT2D eigenvalue weighted by Crippen LogP contribution is 2.27. The Morgan fingerprint density at radius 3 is 2.81 bits per heavy atom. The van der Waals surface area contributed by atoms with Crippen molar-refractivity contribution in [3.63, 3.8) is 0 Å². The van der Waals surface area contributed by atoms with Crippen molar-refractivity contribution in [2.45, 2.75) is 33.1 Å². The summed E-state index contributed by atoms with van der Waals surface area (Å²) in [6, 6.07) is 8.29. The van der Waals surface area contributed by atoms with Gasteiger partial charge in [0.05, 0.1) is 0 Å². The number of benzene rings is 1. The summed E-state index contributed by atoms with van der Waals surface area (Å²) in [6.45, 7) is 4.94. The second-order valence-corrected chi connectivity index (χ2v) is 5.06. The number of methoxy groups -OCH3 is 1. The molecule has 0 fully saturated rings. The molecule has 5 heteroatoms. The van der Waals surface area contributed by atoms with E-state index in [9.17, 15) is 0 Å². The van der Waals surface area contributed by atoms with Gasteiger partial charge in [-0.25, -0.2) is 0 Å². The molecule has 21 heavy (non-hydrogen) atoms. The maximum Gasteiger partial charge on any atom is 0.162 e. The molecule has 1 aromatic heterocycles. The Balaban J connectivity index is 2.09. The van der Waals surface area contributed by atoms with Crippen LogP contribution in [0, 0.1) is 6.92 Å². The van der Waals surface area contributed by atoms with Crippen LogP contribution in [0.2, 0.25) is 0 Å². The highest BCUT2D eigenvalue weighted by Gasteiger charge is 2.11. The van der Waals surface area contributed by atoms with Crippen molar-refractivity contribution in [3.8, 4) is 5.75 Å². The minimum atomic E-state index is 0.224. The molecule has 0 aliphatic heterocycles. The lowest BCUT2D eigenvalue weighted by atomic mass is 10.1. The Morgan fingerprint density at radius 1 is 1.29 bits per heavy atom. The van der Waals surface area contributed by atoms with Crippen LogP contribution >= 0.6 is 0 Å². The van der Waals surface area contributed by atoms with E-state index in [-0.39, 0.29) is 6.04 Å². The van der Waals surface area contributed by atoms with Crippen molar-refractivity contribution in [1.82, 2.24) is 10.5 Å². The van der Waals surface area contributed by atoms with Crippen LogP contribution in [0.1, 0.15) is 35.5 Å². The molecule has 0 aliphatic rings. The van der Waals surface area contributed by atoms with E-state index in [1.807, 2.05) is 26.1 Å². The summed E-state index contributed by atoms with van der Waals surface area (Å²) in [6.07, 6.45) is 0. The molecule has 1 N–H and O–H groups in total. The summed E-state index contributed by atoms with van der Waals surface area (Å²) in [7, 11) is 3.56. The summed E-state index contributed by atoms with van der Waals surface area (Å²) < 4.78 is 16.1. The van der Waals surface area contributed by atoms with Crippen LogP contribution < -0.4 is 10.1 Å². The maximum absolute atomic E-state index is 5.92. The summed E-state index contributed by atoms with van der Waals surface area (Å²) in [5.41, 5.74) is 3.05. The molecular formula is C16H22N2O3. The first-order valence-corrected chi connectivity index (χ1v) is 6.98. The largest absolute Gasteiger partial charge is 0.487 e. The third-order valence-corrected chi connectivity index (χ3v) is 3.34. The molecule has 1 atom stereocenters. The zero-order valence-corrected chi connectivity index (χ0v) is 13.0. The predicted octanol–water partition coefficient (Wildman–Crippen LogP) is 2.99. The van der Waals surface area contributed by atoms with Gasteiger partial charge in [-0.05, 0) is 32.5 Å². The number of nitrogens with one attached hydrogen (secondary N) is 1. The Labute approximate surface area is 125 Å². The molecule has 0 bridgehead atoms. The third-order valence-electron chi connectivity index (χ3n) is 3.34. The molecule has 0 radical (unpaired) electrons. The average molecular weight is 290 g/mol. The minimum Gasteiger partial charge on any atom is -0.487 e. The molecule has 2 rings (SSSR count). The first-order chi connectivity index (χ1) is 10.1. The number of rotatable bonds is 7. The number of aryl methyl sites for hydroxylation is 1. The molecule has 1 unspecified atom stereocenters. The zero-order valence-electron chi connectivity index (χ0n) is 13.0. The number of ether oxygens (including phenoxy) is 2. The lowest BCUT2D eigenvalue weighted by Crippen LogP contribution is -2.14. The van der Waals surface area contributed by atoms with Crippen molar-refractivity contribution in [2.24, 2.45) is 0 Å². The van der Waals surface area contributed by atoms with Gasteiger partial charge in [0.15, 0.2) is 5.76 Å². The van der Waals surface area contributed by atoms with Gasteiger partial charge in [-0.1, -0.05) is 17.3 Å². The normalized spacial score (nSPS) is 12.4. The zero-order chi connectivity index (χ0) is 15.2. The Hall–Kier alpha value is -1.85. The molecule has 2 aromatic rings. The number of nitrogens with zero attached hydrogens (tertiary/aromatic N) is 1. The topological polar surface area (TPSA) is 56.5 Å². The Morgan fingerprint density at radius 2 is 2.10 bits per heavy atom. The summed E-state index contributed by atoms with van der Waals surface area (Å²) in [5.74, 6) is 1.57. The fourth-order valence-electron chi connectivity index (χ4n) is 2.07. The predicted molar refractivity (Wildman–Crippen MR) is 80.2 cm³/mol. The lowest BCUT2D eigenvalue weighted by molar-refractivity contribution is 0.155. The van der Waals surface area contributed by atoms with Gasteiger partial charge in [-0.15, -0.1) is 0 Å². The fraction of sp³-hybridized carbons (Fsp3) is 0.438. The van der Waals surface area contributed by atoms with Crippen LogP contribution in [-0.2, 0) is 18.0 Å². The van der Waals surface area contributed by atoms with E-state index in [0.717, 1.165) is 22.6 Å². The first-order valence-electron chi connectivity index (χ1n) is 6.98. The fourth-order valence-corrected chi connectivity index (χ4v) is 2.07. The van der Waals surface area contributed by atoms with Gasteiger partial charge in [0, 0.05) is 24.8 Å². The van der Waals surface area contributed by atoms with Gasteiger partial charge in [-0.3, -0.25) is 0 Å². The SMILES string of the molecule is CNC(C)c1ccc(C)cc1OCc1cc(COC)on1. The van der Waals surface area contributed by atoms with E-state index >= 15 is 0 Å². The first kappa shape index (κ1) is 15.5. The van der Waals surface area contributed by atoms with Crippen LogP contribution in [-0.4, -0.2) is 19.3 Å². The van der Waals surface area contributed by atoms with Gasteiger partial charge < -0.3 is 19.3 Å². The van der Waals surface area contributed by atoms with Crippen LogP contribution in [0.4, 0.5) is 0 Å². The Bertz CT molecular complexity index is 581. The van der Waals surface area contributed by atoms with E-state index in [0.29, 0.717) is 19.0 Å². The molecule has 0 amide bonds. The molecule has 114 valence electrons. The average Bonchev–Trinajstić information content (AvgIpc) is 2.92. The number of aromatic nitrogens is 1. The van der Waals surface area contributed by atoms with Gasteiger partial charge in [0.1, 0.15) is 24.7 Å². The van der Waals surface area contributed by atoms with Gasteiger partial charge in [0.2, 0.25) is 0 Å². The van der Waals surface area contributed by atoms with Gasteiger partial charge in [-0.2, -0.15) is 0 Å². The van der Waals surface area contributed by atoms with Crippen molar-refractivity contribution in [2.75, 3.05) is 14.2 Å². The van der Waals surface area contributed by atoms with Crippen molar-refractivity contribution >= 4 is 0 Å². The number of hydrogen-bond acceptors (Lipinski definition) is 5.